The van der Waals surface area contributed by atoms with Gasteiger partial charge in [0.1, 0.15) is 17.7 Å². The van der Waals surface area contributed by atoms with Crippen molar-refractivity contribution in [3.63, 3.8) is 0 Å². The number of aromatic nitrogens is 4. The maximum Gasteiger partial charge on any atom is 0.260 e. The van der Waals surface area contributed by atoms with Crippen LogP contribution in [0.1, 0.15) is 42.0 Å². The molecule has 1 aliphatic rings. The molecule has 0 aliphatic heterocycles. The lowest BCUT2D eigenvalue weighted by Gasteiger charge is -2.17. The summed E-state index contributed by atoms with van der Waals surface area (Å²) in [5.41, 5.74) is -0.271. The highest BCUT2D eigenvalue weighted by Gasteiger charge is 2.36. The Balaban J connectivity index is 1.85. The Morgan fingerprint density at radius 3 is 3.05 bits per heavy atom. The lowest BCUT2D eigenvalue weighted by Crippen LogP contribution is -2.35. The lowest BCUT2D eigenvalue weighted by molar-refractivity contribution is 0.0927. The number of amides is 1. The van der Waals surface area contributed by atoms with Crippen LogP contribution in [0.4, 0.5) is 0 Å². The highest BCUT2D eigenvalue weighted by molar-refractivity contribution is 5.94. The number of carbonyl (C=O) groups excluding carboxylic acids is 1. The number of aryl methyl sites for hydroxylation is 1. The van der Waals surface area contributed by atoms with Gasteiger partial charge in [0.15, 0.2) is 0 Å². The van der Waals surface area contributed by atoms with E-state index in [9.17, 15) is 9.59 Å². The summed E-state index contributed by atoms with van der Waals surface area (Å²) in [4.78, 5) is 30.8. The largest absolute Gasteiger partial charge is 0.342 e. The third kappa shape index (κ3) is 2.72. The summed E-state index contributed by atoms with van der Waals surface area (Å²) in [5, 5.41) is 7.08. The first-order valence-corrected chi connectivity index (χ1v) is 7.07. The number of rotatable bonds is 5. The van der Waals surface area contributed by atoms with Gasteiger partial charge in [-0.2, -0.15) is 5.10 Å². The van der Waals surface area contributed by atoms with Crippen molar-refractivity contribution >= 4 is 5.91 Å². The van der Waals surface area contributed by atoms with Gasteiger partial charge in [0, 0.05) is 12.7 Å². The molecule has 1 amide bonds. The molecule has 2 aromatic rings. The van der Waals surface area contributed by atoms with Crippen molar-refractivity contribution < 1.29 is 4.79 Å². The van der Waals surface area contributed by atoms with E-state index < -0.39 is 0 Å². The van der Waals surface area contributed by atoms with Gasteiger partial charge in [-0.15, -0.1) is 0 Å². The average Bonchev–Trinajstić information content (AvgIpc) is 3.22. The fraction of sp³-hybridized carbons (Fsp3) is 0.429. The van der Waals surface area contributed by atoms with E-state index in [4.69, 9.17) is 0 Å². The number of hydrogen-bond donors (Lipinski definition) is 2. The van der Waals surface area contributed by atoms with Crippen molar-refractivity contribution in [3.8, 4) is 0 Å². The summed E-state index contributed by atoms with van der Waals surface area (Å²) in [5.74, 6) is 0.742. The summed E-state index contributed by atoms with van der Waals surface area (Å²) in [6.45, 7) is 2.67. The van der Waals surface area contributed by atoms with E-state index in [1.165, 1.54) is 18.6 Å². The summed E-state index contributed by atoms with van der Waals surface area (Å²) < 4.78 is 1.78. The van der Waals surface area contributed by atoms with E-state index in [2.05, 4.69) is 20.4 Å². The lowest BCUT2D eigenvalue weighted by atomic mass is 10.1. The minimum Gasteiger partial charge on any atom is -0.342 e. The van der Waals surface area contributed by atoms with Gasteiger partial charge in [0.05, 0.1) is 6.04 Å². The van der Waals surface area contributed by atoms with Crippen molar-refractivity contribution in [1.82, 2.24) is 25.1 Å². The standard InChI is InChI=1S/C14H17N5O2/c1-2-19-12(16-8-17-19)11(9-5-6-9)18-14(21)10-4-3-7-15-13(10)20/h3-4,7-9,11H,2,5-6H2,1H3,(H,15,20)(H,18,21)/t11-/m1/s1. The minimum absolute atomic E-state index is 0.116. The molecular formula is C14H17N5O2. The Hall–Kier alpha value is -2.44. The highest BCUT2D eigenvalue weighted by atomic mass is 16.2. The zero-order valence-corrected chi connectivity index (χ0v) is 11.7. The molecule has 2 N–H and O–H groups in total. The third-order valence-electron chi connectivity index (χ3n) is 3.67. The Morgan fingerprint density at radius 2 is 2.38 bits per heavy atom. The van der Waals surface area contributed by atoms with Crippen LogP contribution < -0.4 is 10.9 Å². The first-order chi connectivity index (χ1) is 10.2. The molecule has 1 saturated carbocycles. The molecule has 0 spiro atoms. The van der Waals surface area contributed by atoms with Gasteiger partial charge in [0.25, 0.3) is 11.5 Å². The Bertz CT molecular complexity index is 701. The SMILES string of the molecule is CCn1ncnc1[C@H](NC(=O)c1ccc[nH]c1=O)C1CC1. The molecule has 3 rings (SSSR count). The third-order valence-corrected chi connectivity index (χ3v) is 3.67. The summed E-state index contributed by atoms with van der Waals surface area (Å²) >= 11 is 0. The van der Waals surface area contributed by atoms with Crippen LogP contribution in [0.25, 0.3) is 0 Å². The smallest absolute Gasteiger partial charge is 0.260 e. The second-order valence-corrected chi connectivity index (χ2v) is 5.14. The fourth-order valence-corrected chi connectivity index (χ4v) is 2.40. The first kappa shape index (κ1) is 13.5. The molecule has 2 aromatic heterocycles. The molecule has 0 bridgehead atoms. The summed E-state index contributed by atoms with van der Waals surface area (Å²) in [7, 11) is 0. The van der Waals surface area contributed by atoms with Gasteiger partial charge < -0.3 is 10.3 Å². The van der Waals surface area contributed by atoms with Crippen LogP contribution in [0.5, 0.6) is 0 Å². The van der Waals surface area contributed by atoms with Crippen molar-refractivity contribution in [3.05, 3.63) is 46.4 Å². The van der Waals surface area contributed by atoms with Crippen molar-refractivity contribution in [2.24, 2.45) is 5.92 Å². The molecule has 21 heavy (non-hydrogen) atoms. The van der Waals surface area contributed by atoms with Crippen LogP contribution in [0, 0.1) is 5.92 Å². The van der Waals surface area contributed by atoms with Crippen LogP contribution in [-0.2, 0) is 6.54 Å². The zero-order chi connectivity index (χ0) is 14.8. The second kappa shape index (κ2) is 5.51. The van der Waals surface area contributed by atoms with Crippen LogP contribution in [-0.4, -0.2) is 25.7 Å². The van der Waals surface area contributed by atoms with Crippen LogP contribution >= 0.6 is 0 Å². The van der Waals surface area contributed by atoms with E-state index in [1.54, 1.807) is 10.7 Å². The molecule has 7 heteroatoms. The highest BCUT2D eigenvalue weighted by Crippen LogP contribution is 2.40. The number of aromatic amines is 1. The predicted octanol–water partition coefficient (Wildman–Crippen LogP) is 0.867. The van der Waals surface area contributed by atoms with Gasteiger partial charge in [-0.3, -0.25) is 9.59 Å². The Labute approximate surface area is 121 Å². The number of pyridine rings is 1. The molecule has 0 radical (unpaired) electrons. The molecule has 1 atom stereocenters. The monoisotopic (exact) mass is 287 g/mol. The topological polar surface area (TPSA) is 92.7 Å². The van der Waals surface area contributed by atoms with Gasteiger partial charge in [0.2, 0.25) is 0 Å². The van der Waals surface area contributed by atoms with Gasteiger partial charge in [-0.05, 0) is 37.8 Å². The van der Waals surface area contributed by atoms with E-state index in [0.29, 0.717) is 12.5 Å². The number of nitrogens with zero attached hydrogens (tertiary/aromatic N) is 3. The molecular weight excluding hydrogens is 270 g/mol. The molecule has 0 unspecified atom stereocenters. The van der Waals surface area contributed by atoms with Gasteiger partial charge >= 0.3 is 0 Å². The molecule has 1 aliphatic carbocycles. The number of H-pyrrole nitrogens is 1. The molecule has 0 saturated heterocycles. The van der Waals surface area contributed by atoms with Crippen LogP contribution in [0.2, 0.25) is 0 Å². The second-order valence-electron chi connectivity index (χ2n) is 5.14. The Morgan fingerprint density at radius 1 is 1.57 bits per heavy atom. The van der Waals surface area contributed by atoms with E-state index >= 15 is 0 Å². The van der Waals surface area contributed by atoms with Crippen LogP contribution in [0.15, 0.2) is 29.5 Å². The molecule has 1 fully saturated rings. The zero-order valence-electron chi connectivity index (χ0n) is 11.7. The summed E-state index contributed by atoms with van der Waals surface area (Å²) in [6, 6.07) is 2.96. The molecule has 2 heterocycles. The first-order valence-electron chi connectivity index (χ1n) is 7.07. The van der Waals surface area contributed by atoms with E-state index in [-0.39, 0.29) is 23.1 Å². The number of carbonyl (C=O) groups is 1. The fourth-order valence-electron chi connectivity index (χ4n) is 2.40. The van der Waals surface area contributed by atoms with Crippen LogP contribution in [0.3, 0.4) is 0 Å². The molecule has 7 nitrogen and oxygen atoms in total. The van der Waals surface area contributed by atoms with Crippen molar-refractivity contribution in [1.29, 1.82) is 0 Å². The quantitative estimate of drug-likeness (QED) is 0.853. The number of hydrogen-bond acceptors (Lipinski definition) is 4. The maximum absolute atomic E-state index is 12.3. The summed E-state index contributed by atoms with van der Waals surface area (Å²) in [6.07, 6.45) is 5.10. The normalized spacial score (nSPS) is 15.7. The predicted molar refractivity (Wildman–Crippen MR) is 75.7 cm³/mol. The minimum atomic E-state index is -0.387. The van der Waals surface area contributed by atoms with Crippen molar-refractivity contribution in [2.75, 3.05) is 0 Å². The Kier molecular flexibility index (Phi) is 3.55. The van der Waals surface area contributed by atoms with Gasteiger partial charge in [-0.1, -0.05) is 0 Å². The average molecular weight is 287 g/mol. The molecule has 0 aromatic carbocycles. The van der Waals surface area contributed by atoms with E-state index in [1.807, 2.05) is 6.92 Å². The maximum atomic E-state index is 12.3. The van der Waals surface area contributed by atoms with Gasteiger partial charge in [-0.25, -0.2) is 9.67 Å². The van der Waals surface area contributed by atoms with Crippen molar-refractivity contribution in [2.45, 2.75) is 32.4 Å². The number of nitrogens with one attached hydrogen (secondary N) is 2. The molecule has 110 valence electrons. The van der Waals surface area contributed by atoms with E-state index in [0.717, 1.165) is 18.7 Å².